The largest absolute Gasteiger partial charge is 0.435 e. The van der Waals surface area contributed by atoms with Crippen LogP contribution in [-0.2, 0) is 6.61 Å². The summed E-state index contributed by atoms with van der Waals surface area (Å²) in [6.07, 6.45) is 0. The minimum absolute atomic E-state index is 0.246. The third-order valence-corrected chi connectivity index (χ3v) is 3.94. The van der Waals surface area contributed by atoms with Crippen LogP contribution in [0.3, 0.4) is 0 Å². The Balaban J connectivity index is 1.75. The van der Waals surface area contributed by atoms with E-state index in [0.29, 0.717) is 11.4 Å². The molecule has 2 N–H and O–H groups in total. The van der Waals surface area contributed by atoms with Crippen molar-refractivity contribution in [1.29, 1.82) is 0 Å². The van der Waals surface area contributed by atoms with Crippen molar-refractivity contribution in [3.8, 4) is 23.5 Å². The van der Waals surface area contributed by atoms with E-state index in [-0.39, 0.29) is 12.5 Å². The van der Waals surface area contributed by atoms with Crippen molar-refractivity contribution in [2.24, 2.45) is 0 Å². The lowest BCUT2D eigenvalue weighted by Crippen LogP contribution is -1.92. The number of ether oxygens (including phenoxy) is 1. The lowest BCUT2D eigenvalue weighted by Gasteiger charge is -2.08. The molecule has 0 saturated heterocycles. The van der Waals surface area contributed by atoms with Crippen LogP contribution in [-0.4, -0.2) is 20.5 Å². The number of rotatable bonds is 3. The number of aromatic amines is 1. The fourth-order valence-electron chi connectivity index (χ4n) is 2.66. The van der Waals surface area contributed by atoms with Crippen LogP contribution in [0.5, 0.6) is 11.6 Å². The lowest BCUT2D eigenvalue weighted by molar-refractivity contribution is 0.271. The van der Waals surface area contributed by atoms with Crippen molar-refractivity contribution in [2.45, 2.75) is 6.61 Å². The van der Waals surface area contributed by atoms with E-state index in [2.05, 4.69) is 27.3 Å². The summed E-state index contributed by atoms with van der Waals surface area (Å²) in [7, 11) is 0. The van der Waals surface area contributed by atoms with Crippen LogP contribution in [0.15, 0.2) is 66.7 Å². The van der Waals surface area contributed by atoms with Gasteiger partial charge in [-0.2, -0.15) is 10.3 Å². The maximum atomic E-state index is 9.30. The summed E-state index contributed by atoms with van der Waals surface area (Å²) in [6.45, 7) is -0.246. The van der Waals surface area contributed by atoms with Gasteiger partial charge in [-0.1, -0.05) is 54.3 Å². The SMILES string of the molecule is OCc1n[nH]nc1Oc1ccc(C#Cc2ccccc2)c2ccccc12. The Morgan fingerprint density at radius 3 is 2.42 bits per heavy atom. The minimum Gasteiger partial charge on any atom is -0.435 e. The molecule has 0 amide bonds. The van der Waals surface area contributed by atoms with Gasteiger partial charge in [0.25, 0.3) is 5.88 Å². The number of aliphatic hydroxyl groups excluding tert-OH is 1. The number of nitrogens with zero attached hydrogens (tertiary/aromatic N) is 2. The number of H-pyrrole nitrogens is 1. The van der Waals surface area contributed by atoms with E-state index < -0.39 is 0 Å². The molecule has 0 aliphatic carbocycles. The molecule has 3 aromatic carbocycles. The Morgan fingerprint density at radius 2 is 1.62 bits per heavy atom. The molecule has 0 spiro atoms. The number of aliphatic hydroxyl groups is 1. The molecule has 4 aromatic rings. The first kappa shape index (κ1) is 15.9. The van der Waals surface area contributed by atoms with Gasteiger partial charge in [0.2, 0.25) is 0 Å². The average Bonchev–Trinajstić information content (AvgIpc) is 3.15. The zero-order valence-corrected chi connectivity index (χ0v) is 13.8. The number of benzene rings is 3. The monoisotopic (exact) mass is 341 g/mol. The fourth-order valence-corrected chi connectivity index (χ4v) is 2.66. The fraction of sp³-hybridized carbons (Fsp3) is 0.0476. The summed E-state index contributed by atoms with van der Waals surface area (Å²) < 4.78 is 5.86. The highest BCUT2D eigenvalue weighted by Gasteiger charge is 2.12. The molecule has 1 heterocycles. The van der Waals surface area contributed by atoms with Gasteiger partial charge in [-0.3, -0.25) is 0 Å². The second-order valence-corrected chi connectivity index (χ2v) is 5.61. The Labute approximate surface area is 150 Å². The molecule has 1 aromatic heterocycles. The van der Waals surface area contributed by atoms with Crippen LogP contribution >= 0.6 is 0 Å². The molecule has 0 aliphatic heterocycles. The van der Waals surface area contributed by atoms with E-state index in [1.165, 1.54) is 0 Å². The molecule has 0 atom stereocenters. The molecule has 0 fully saturated rings. The zero-order chi connectivity index (χ0) is 17.8. The van der Waals surface area contributed by atoms with Crippen molar-refractivity contribution in [3.05, 3.63) is 83.6 Å². The van der Waals surface area contributed by atoms with Crippen LogP contribution in [0.25, 0.3) is 10.8 Å². The van der Waals surface area contributed by atoms with E-state index in [9.17, 15) is 5.11 Å². The molecule has 126 valence electrons. The molecular formula is C21H15N3O2. The van der Waals surface area contributed by atoms with Crippen molar-refractivity contribution in [2.75, 3.05) is 0 Å². The molecule has 0 bridgehead atoms. The van der Waals surface area contributed by atoms with Gasteiger partial charge in [0, 0.05) is 21.9 Å². The van der Waals surface area contributed by atoms with E-state index in [0.717, 1.165) is 21.9 Å². The summed E-state index contributed by atoms with van der Waals surface area (Å²) in [4.78, 5) is 0. The van der Waals surface area contributed by atoms with Gasteiger partial charge in [-0.25, -0.2) is 0 Å². The molecular weight excluding hydrogens is 326 g/mol. The number of hydrogen-bond acceptors (Lipinski definition) is 4. The van der Waals surface area contributed by atoms with Crippen LogP contribution < -0.4 is 4.74 Å². The molecule has 0 unspecified atom stereocenters. The van der Waals surface area contributed by atoms with Crippen molar-refractivity contribution >= 4 is 10.8 Å². The predicted octanol–water partition coefficient (Wildman–Crippen LogP) is 3.64. The number of hydrogen-bond donors (Lipinski definition) is 2. The Hall–Kier alpha value is -3.62. The maximum Gasteiger partial charge on any atom is 0.264 e. The van der Waals surface area contributed by atoms with Gasteiger partial charge in [-0.05, 0) is 24.3 Å². The molecule has 0 saturated carbocycles. The highest BCUT2D eigenvalue weighted by atomic mass is 16.5. The summed E-state index contributed by atoms with van der Waals surface area (Å²) in [6, 6.07) is 21.5. The second kappa shape index (κ2) is 7.09. The lowest BCUT2D eigenvalue weighted by atomic mass is 10.0. The van der Waals surface area contributed by atoms with Crippen LogP contribution in [0.4, 0.5) is 0 Å². The maximum absolute atomic E-state index is 9.30. The van der Waals surface area contributed by atoms with Crippen LogP contribution in [0, 0.1) is 11.8 Å². The molecule has 0 aliphatic rings. The van der Waals surface area contributed by atoms with Gasteiger partial charge in [-0.15, -0.1) is 5.10 Å². The zero-order valence-electron chi connectivity index (χ0n) is 13.8. The first-order chi connectivity index (χ1) is 12.8. The summed E-state index contributed by atoms with van der Waals surface area (Å²) >= 11 is 0. The predicted molar refractivity (Wildman–Crippen MR) is 98.7 cm³/mol. The first-order valence-electron chi connectivity index (χ1n) is 8.12. The smallest absolute Gasteiger partial charge is 0.264 e. The first-order valence-corrected chi connectivity index (χ1v) is 8.12. The minimum atomic E-state index is -0.246. The summed E-state index contributed by atoms with van der Waals surface area (Å²) in [5.74, 6) is 7.32. The normalized spacial score (nSPS) is 10.3. The number of aromatic nitrogens is 3. The molecule has 26 heavy (non-hydrogen) atoms. The van der Waals surface area contributed by atoms with E-state index in [1.807, 2.05) is 66.7 Å². The summed E-state index contributed by atoms with van der Waals surface area (Å²) in [5.41, 5.74) is 2.24. The summed E-state index contributed by atoms with van der Waals surface area (Å²) in [5, 5.41) is 21.5. The highest BCUT2D eigenvalue weighted by Crippen LogP contribution is 2.31. The molecule has 0 radical (unpaired) electrons. The quantitative estimate of drug-likeness (QED) is 0.558. The Morgan fingerprint density at radius 1 is 0.846 bits per heavy atom. The molecule has 5 nitrogen and oxygen atoms in total. The van der Waals surface area contributed by atoms with Gasteiger partial charge in [0.15, 0.2) is 5.69 Å². The van der Waals surface area contributed by atoms with Crippen molar-refractivity contribution < 1.29 is 9.84 Å². The Kier molecular flexibility index (Phi) is 4.33. The molecule has 5 heteroatoms. The van der Waals surface area contributed by atoms with Crippen LogP contribution in [0.1, 0.15) is 16.8 Å². The third-order valence-electron chi connectivity index (χ3n) is 3.94. The third kappa shape index (κ3) is 3.14. The van der Waals surface area contributed by atoms with E-state index in [1.54, 1.807) is 0 Å². The number of nitrogens with one attached hydrogen (secondary N) is 1. The van der Waals surface area contributed by atoms with Gasteiger partial charge in [0.1, 0.15) is 5.75 Å². The van der Waals surface area contributed by atoms with Gasteiger partial charge < -0.3 is 9.84 Å². The average molecular weight is 341 g/mol. The second-order valence-electron chi connectivity index (χ2n) is 5.61. The van der Waals surface area contributed by atoms with Gasteiger partial charge >= 0.3 is 0 Å². The Bertz CT molecular complexity index is 1110. The van der Waals surface area contributed by atoms with Crippen molar-refractivity contribution in [1.82, 2.24) is 15.4 Å². The van der Waals surface area contributed by atoms with Crippen LogP contribution in [0.2, 0.25) is 0 Å². The van der Waals surface area contributed by atoms with E-state index >= 15 is 0 Å². The van der Waals surface area contributed by atoms with Crippen molar-refractivity contribution in [3.63, 3.8) is 0 Å². The van der Waals surface area contributed by atoms with E-state index in [4.69, 9.17) is 4.74 Å². The topological polar surface area (TPSA) is 71.0 Å². The molecule has 4 rings (SSSR count). The standard InChI is InChI=1S/C21H15N3O2/c25-14-19-21(23-24-22-19)26-20-13-12-16(17-8-4-5-9-18(17)20)11-10-15-6-2-1-3-7-15/h1-9,12-13,25H,14H2,(H,22,23,24). The number of fused-ring (bicyclic) bond motifs is 1. The van der Waals surface area contributed by atoms with Gasteiger partial charge in [0.05, 0.1) is 6.61 Å². The highest BCUT2D eigenvalue weighted by molar-refractivity contribution is 5.93.